The number of ether oxygens (including phenoxy) is 1. The Hall–Kier alpha value is -2.08. The van der Waals surface area contributed by atoms with Crippen molar-refractivity contribution in [2.24, 2.45) is 5.84 Å². The maximum atomic E-state index is 11.7. The molecule has 0 aliphatic carbocycles. The van der Waals surface area contributed by atoms with E-state index in [1.54, 1.807) is 24.3 Å². The molecule has 0 bridgehead atoms. The molecule has 0 atom stereocenters. The van der Waals surface area contributed by atoms with Crippen molar-refractivity contribution in [1.29, 1.82) is 0 Å². The number of carbonyl (C=O) groups is 2. The molecule has 1 aromatic carbocycles. The van der Waals surface area contributed by atoms with Gasteiger partial charge in [-0.05, 0) is 19.1 Å². The summed E-state index contributed by atoms with van der Waals surface area (Å²) in [5.41, 5.74) is 2.31. The minimum Gasteiger partial charge on any atom is -0.493 e. The summed E-state index contributed by atoms with van der Waals surface area (Å²) >= 11 is 0. The second-order valence-electron chi connectivity index (χ2n) is 3.18. The molecule has 1 aromatic rings. The van der Waals surface area contributed by atoms with Crippen LogP contribution in [-0.2, 0) is 4.79 Å². The van der Waals surface area contributed by atoms with Crippen molar-refractivity contribution in [3.8, 4) is 5.75 Å². The Morgan fingerprint density at radius 3 is 2.71 bits per heavy atom. The van der Waals surface area contributed by atoms with Crippen molar-refractivity contribution in [1.82, 2.24) is 10.7 Å². The average Bonchev–Trinajstić information content (AvgIpc) is 2.36. The van der Waals surface area contributed by atoms with Crippen molar-refractivity contribution in [3.63, 3.8) is 0 Å². The summed E-state index contributed by atoms with van der Waals surface area (Å²) in [6, 6.07) is 6.82. The van der Waals surface area contributed by atoms with E-state index in [2.05, 4.69) is 5.32 Å². The maximum Gasteiger partial charge on any atom is 0.255 e. The monoisotopic (exact) mass is 237 g/mol. The van der Waals surface area contributed by atoms with E-state index in [1.165, 1.54) is 0 Å². The normalized spacial score (nSPS) is 9.53. The van der Waals surface area contributed by atoms with Crippen LogP contribution in [0.5, 0.6) is 5.75 Å². The van der Waals surface area contributed by atoms with E-state index in [0.717, 1.165) is 0 Å². The highest BCUT2D eigenvalue weighted by molar-refractivity contribution is 5.98. The number of hydrogen-bond acceptors (Lipinski definition) is 4. The highest BCUT2D eigenvalue weighted by Gasteiger charge is 2.12. The van der Waals surface area contributed by atoms with E-state index in [1.807, 2.05) is 12.3 Å². The number of hydrogen-bond donors (Lipinski definition) is 3. The van der Waals surface area contributed by atoms with Crippen LogP contribution in [0.2, 0.25) is 0 Å². The van der Waals surface area contributed by atoms with Crippen LogP contribution in [0, 0.1) is 0 Å². The summed E-state index contributed by atoms with van der Waals surface area (Å²) in [5.74, 6) is 4.54. The van der Waals surface area contributed by atoms with Gasteiger partial charge in [-0.25, -0.2) is 5.84 Å². The number of benzene rings is 1. The van der Waals surface area contributed by atoms with Gasteiger partial charge in [0, 0.05) is 0 Å². The number of hydrazine groups is 1. The second kappa shape index (κ2) is 6.49. The molecule has 6 heteroatoms. The van der Waals surface area contributed by atoms with Crippen molar-refractivity contribution < 1.29 is 14.3 Å². The van der Waals surface area contributed by atoms with Gasteiger partial charge in [0.25, 0.3) is 11.8 Å². The van der Waals surface area contributed by atoms with Crippen molar-refractivity contribution in [2.75, 3.05) is 13.2 Å². The Labute approximate surface area is 99.1 Å². The molecule has 0 unspecified atom stereocenters. The smallest absolute Gasteiger partial charge is 0.255 e. The Bertz CT molecular complexity index is 407. The van der Waals surface area contributed by atoms with E-state index in [4.69, 9.17) is 10.6 Å². The lowest BCUT2D eigenvalue weighted by atomic mass is 10.2. The molecular weight excluding hydrogens is 222 g/mol. The van der Waals surface area contributed by atoms with Crippen LogP contribution < -0.4 is 21.3 Å². The lowest BCUT2D eigenvalue weighted by molar-refractivity contribution is -0.120. The molecular formula is C11H15N3O3. The van der Waals surface area contributed by atoms with E-state index >= 15 is 0 Å². The van der Waals surface area contributed by atoms with Crippen LogP contribution in [0.15, 0.2) is 24.3 Å². The minimum atomic E-state index is -0.466. The molecule has 17 heavy (non-hydrogen) atoms. The SMILES string of the molecule is CCOc1ccccc1C(=O)NCC(=O)NN. The van der Waals surface area contributed by atoms with Gasteiger partial charge in [0.05, 0.1) is 18.7 Å². The fraction of sp³-hybridized carbons (Fsp3) is 0.273. The molecule has 0 saturated heterocycles. The molecule has 92 valence electrons. The maximum absolute atomic E-state index is 11.7. The fourth-order valence-electron chi connectivity index (χ4n) is 1.24. The van der Waals surface area contributed by atoms with Crippen molar-refractivity contribution in [2.45, 2.75) is 6.92 Å². The van der Waals surface area contributed by atoms with E-state index in [9.17, 15) is 9.59 Å². The molecule has 0 aliphatic rings. The van der Waals surface area contributed by atoms with Crippen molar-refractivity contribution in [3.05, 3.63) is 29.8 Å². The number of nitrogens with one attached hydrogen (secondary N) is 2. The van der Waals surface area contributed by atoms with Gasteiger partial charge in [-0.2, -0.15) is 0 Å². The molecule has 0 aromatic heterocycles. The first-order valence-electron chi connectivity index (χ1n) is 5.18. The second-order valence-corrected chi connectivity index (χ2v) is 3.18. The summed E-state index contributed by atoms with van der Waals surface area (Å²) in [6.07, 6.45) is 0. The number of nitrogens with two attached hydrogens (primary N) is 1. The molecule has 0 heterocycles. The summed E-state index contributed by atoms with van der Waals surface area (Å²) in [6.45, 7) is 2.12. The molecule has 0 saturated carbocycles. The molecule has 6 nitrogen and oxygen atoms in total. The summed E-state index contributed by atoms with van der Waals surface area (Å²) in [5, 5.41) is 2.44. The third-order valence-corrected chi connectivity index (χ3v) is 2.00. The standard InChI is InChI=1S/C11H15N3O3/c1-2-17-9-6-4-3-5-8(9)11(16)13-7-10(15)14-12/h3-6H,2,7,12H2,1H3,(H,13,16)(H,14,15). The summed E-state index contributed by atoms with van der Waals surface area (Å²) < 4.78 is 5.31. The fourth-order valence-corrected chi connectivity index (χ4v) is 1.24. The molecule has 1 rings (SSSR count). The number of amides is 2. The Kier molecular flexibility index (Phi) is 4.96. The quantitative estimate of drug-likeness (QED) is 0.376. The minimum absolute atomic E-state index is 0.171. The zero-order valence-corrected chi connectivity index (χ0v) is 9.53. The predicted molar refractivity (Wildman–Crippen MR) is 62.3 cm³/mol. The third kappa shape index (κ3) is 3.76. The topological polar surface area (TPSA) is 93.4 Å². The van der Waals surface area contributed by atoms with Gasteiger partial charge in [-0.15, -0.1) is 0 Å². The van der Waals surface area contributed by atoms with Gasteiger partial charge in [0.15, 0.2) is 0 Å². The van der Waals surface area contributed by atoms with Crippen LogP contribution in [0.1, 0.15) is 17.3 Å². The van der Waals surface area contributed by atoms with E-state index in [-0.39, 0.29) is 12.5 Å². The summed E-state index contributed by atoms with van der Waals surface area (Å²) in [7, 11) is 0. The first-order chi connectivity index (χ1) is 8.19. The van der Waals surface area contributed by atoms with E-state index in [0.29, 0.717) is 17.9 Å². The highest BCUT2D eigenvalue weighted by atomic mass is 16.5. The van der Waals surface area contributed by atoms with Crippen LogP contribution in [0.3, 0.4) is 0 Å². The van der Waals surface area contributed by atoms with Crippen LogP contribution in [0.25, 0.3) is 0 Å². The molecule has 0 aliphatic heterocycles. The molecule has 4 N–H and O–H groups in total. The van der Waals surface area contributed by atoms with Gasteiger partial charge in [0.2, 0.25) is 0 Å². The predicted octanol–water partition coefficient (Wildman–Crippen LogP) is -0.195. The zero-order valence-electron chi connectivity index (χ0n) is 9.53. The lowest BCUT2D eigenvalue weighted by Gasteiger charge is -2.09. The molecule has 0 radical (unpaired) electrons. The first kappa shape index (κ1) is 13.0. The molecule has 0 fully saturated rings. The Balaban J connectivity index is 2.71. The summed E-state index contributed by atoms with van der Waals surface area (Å²) in [4.78, 5) is 22.6. The zero-order chi connectivity index (χ0) is 12.7. The Morgan fingerprint density at radius 2 is 2.06 bits per heavy atom. The molecule has 2 amide bonds. The average molecular weight is 237 g/mol. The van der Waals surface area contributed by atoms with Crippen LogP contribution >= 0.6 is 0 Å². The van der Waals surface area contributed by atoms with Gasteiger partial charge in [0.1, 0.15) is 5.75 Å². The molecule has 0 spiro atoms. The van der Waals surface area contributed by atoms with Gasteiger partial charge in [-0.1, -0.05) is 12.1 Å². The number of para-hydroxylation sites is 1. The number of carbonyl (C=O) groups excluding carboxylic acids is 2. The van der Waals surface area contributed by atoms with Gasteiger partial charge < -0.3 is 10.1 Å². The van der Waals surface area contributed by atoms with Gasteiger partial charge in [-0.3, -0.25) is 15.0 Å². The largest absolute Gasteiger partial charge is 0.493 e. The first-order valence-corrected chi connectivity index (χ1v) is 5.18. The van der Waals surface area contributed by atoms with E-state index < -0.39 is 5.91 Å². The number of rotatable bonds is 5. The van der Waals surface area contributed by atoms with Crippen LogP contribution in [0.4, 0.5) is 0 Å². The Morgan fingerprint density at radius 1 is 1.35 bits per heavy atom. The highest BCUT2D eigenvalue weighted by Crippen LogP contribution is 2.17. The van der Waals surface area contributed by atoms with Gasteiger partial charge >= 0.3 is 0 Å². The lowest BCUT2D eigenvalue weighted by Crippen LogP contribution is -2.40. The third-order valence-electron chi connectivity index (χ3n) is 2.00. The van der Waals surface area contributed by atoms with Crippen molar-refractivity contribution >= 4 is 11.8 Å². The van der Waals surface area contributed by atoms with Crippen LogP contribution in [-0.4, -0.2) is 25.0 Å².